The molecule has 2 aliphatic rings. The van der Waals surface area contributed by atoms with Gasteiger partial charge in [-0.2, -0.15) is 0 Å². The highest BCUT2D eigenvalue weighted by molar-refractivity contribution is 14.0. The van der Waals surface area contributed by atoms with Gasteiger partial charge in [-0.05, 0) is 18.9 Å². The first-order valence-corrected chi connectivity index (χ1v) is 9.02. The summed E-state index contributed by atoms with van der Waals surface area (Å²) in [7, 11) is 1.79. The molecule has 2 N–H and O–H groups in total. The van der Waals surface area contributed by atoms with Gasteiger partial charge in [0.15, 0.2) is 5.96 Å². The van der Waals surface area contributed by atoms with Crippen molar-refractivity contribution < 1.29 is 9.53 Å². The van der Waals surface area contributed by atoms with Crippen molar-refractivity contribution in [1.82, 2.24) is 15.5 Å². The van der Waals surface area contributed by atoms with Crippen molar-refractivity contribution in [3.8, 4) is 18.1 Å². The average molecular weight is 482 g/mol. The first-order valence-electron chi connectivity index (χ1n) is 9.02. The summed E-state index contributed by atoms with van der Waals surface area (Å²) in [6.07, 6.45) is 8.06. The fraction of sp³-hybridized carbons (Fsp3) is 0.500. The van der Waals surface area contributed by atoms with E-state index in [1.165, 1.54) is 0 Å². The minimum absolute atomic E-state index is 0. The van der Waals surface area contributed by atoms with Crippen molar-refractivity contribution in [3.05, 3.63) is 29.8 Å². The molecular weight excluding hydrogens is 455 g/mol. The van der Waals surface area contributed by atoms with Crippen molar-refractivity contribution in [2.75, 3.05) is 33.3 Å². The number of carbonyl (C=O) groups excluding carboxylic acids is 1. The normalized spacial score (nSPS) is 22.0. The highest BCUT2D eigenvalue weighted by Crippen LogP contribution is 2.36. The minimum atomic E-state index is 0. The minimum Gasteiger partial charge on any atom is -0.481 e. The summed E-state index contributed by atoms with van der Waals surface area (Å²) in [5, 5.41) is 6.41. The number of piperidine rings is 1. The lowest BCUT2D eigenvalue weighted by Gasteiger charge is -2.40. The third kappa shape index (κ3) is 5.28. The van der Waals surface area contributed by atoms with E-state index in [1.807, 2.05) is 24.3 Å². The van der Waals surface area contributed by atoms with E-state index in [4.69, 9.17) is 11.2 Å². The SMILES string of the molecule is C#CCOc1ccccc1CNC(=NC)N1CCCC2(CNC(=O)C2)C1.I. The van der Waals surface area contributed by atoms with Crippen LogP contribution in [-0.2, 0) is 11.3 Å². The van der Waals surface area contributed by atoms with Crippen LogP contribution >= 0.6 is 24.0 Å². The number of para-hydroxylation sites is 1. The molecule has 7 heteroatoms. The Morgan fingerprint density at radius 1 is 1.48 bits per heavy atom. The molecule has 2 fully saturated rings. The van der Waals surface area contributed by atoms with E-state index in [0.717, 1.165) is 49.7 Å². The van der Waals surface area contributed by atoms with Gasteiger partial charge >= 0.3 is 0 Å². The molecule has 27 heavy (non-hydrogen) atoms. The van der Waals surface area contributed by atoms with Crippen LogP contribution < -0.4 is 15.4 Å². The van der Waals surface area contributed by atoms with Gasteiger partial charge in [-0.1, -0.05) is 24.1 Å². The third-order valence-electron chi connectivity index (χ3n) is 5.09. The van der Waals surface area contributed by atoms with E-state index >= 15 is 0 Å². The van der Waals surface area contributed by atoms with Crippen LogP contribution in [-0.4, -0.2) is 50.1 Å². The molecule has 0 aliphatic carbocycles. The van der Waals surface area contributed by atoms with E-state index in [1.54, 1.807) is 7.05 Å². The van der Waals surface area contributed by atoms with Gasteiger partial charge in [0.05, 0.1) is 0 Å². The third-order valence-corrected chi connectivity index (χ3v) is 5.09. The Morgan fingerprint density at radius 2 is 2.30 bits per heavy atom. The number of terminal acetylenes is 1. The second-order valence-corrected chi connectivity index (χ2v) is 6.98. The number of benzene rings is 1. The van der Waals surface area contributed by atoms with Gasteiger partial charge in [0.2, 0.25) is 5.91 Å². The first-order chi connectivity index (χ1) is 12.7. The molecule has 0 aromatic heterocycles. The van der Waals surface area contributed by atoms with Crippen LogP contribution in [0.3, 0.4) is 0 Å². The standard InChI is InChI=1S/C20H26N4O2.HI/c1-3-11-26-17-8-5-4-7-16(17)13-22-19(21-2)24-10-6-9-20(15-24)12-18(25)23-14-20;/h1,4-5,7-8H,6,9-15H2,2H3,(H,21,22)(H,23,25);1H. The molecule has 0 radical (unpaired) electrons. The van der Waals surface area contributed by atoms with Crippen molar-refractivity contribution >= 4 is 35.8 Å². The van der Waals surface area contributed by atoms with E-state index < -0.39 is 0 Å². The highest BCUT2D eigenvalue weighted by atomic mass is 127. The van der Waals surface area contributed by atoms with E-state index in [0.29, 0.717) is 13.0 Å². The summed E-state index contributed by atoms with van der Waals surface area (Å²) < 4.78 is 5.61. The lowest BCUT2D eigenvalue weighted by atomic mass is 9.79. The molecule has 2 aliphatic heterocycles. The lowest BCUT2D eigenvalue weighted by Crippen LogP contribution is -2.51. The lowest BCUT2D eigenvalue weighted by molar-refractivity contribution is -0.119. The predicted molar refractivity (Wildman–Crippen MR) is 117 cm³/mol. The number of hydrogen-bond acceptors (Lipinski definition) is 3. The zero-order chi connectivity index (χ0) is 18.4. The molecule has 1 aromatic carbocycles. The Labute approximate surface area is 178 Å². The summed E-state index contributed by atoms with van der Waals surface area (Å²) in [6.45, 7) is 3.42. The van der Waals surface area contributed by atoms with Crippen LogP contribution in [0, 0.1) is 17.8 Å². The highest BCUT2D eigenvalue weighted by Gasteiger charge is 2.42. The number of halogens is 1. The summed E-state index contributed by atoms with van der Waals surface area (Å²) in [4.78, 5) is 18.4. The Balaban J connectivity index is 0.00000261. The van der Waals surface area contributed by atoms with Crippen LogP contribution in [0.25, 0.3) is 0 Å². The van der Waals surface area contributed by atoms with Gasteiger partial charge in [0, 0.05) is 50.6 Å². The molecule has 146 valence electrons. The molecule has 6 nitrogen and oxygen atoms in total. The summed E-state index contributed by atoms with van der Waals surface area (Å²) in [5.41, 5.74) is 1.08. The van der Waals surface area contributed by atoms with Gasteiger partial charge in [-0.25, -0.2) is 0 Å². The van der Waals surface area contributed by atoms with Gasteiger partial charge in [0.1, 0.15) is 12.4 Å². The van der Waals surface area contributed by atoms with Gasteiger partial charge in [0.25, 0.3) is 0 Å². The maximum absolute atomic E-state index is 11.7. The molecule has 2 saturated heterocycles. The molecule has 1 unspecified atom stereocenters. The number of likely N-dealkylation sites (tertiary alicyclic amines) is 1. The number of carbonyl (C=O) groups is 1. The fourth-order valence-corrected chi connectivity index (χ4v) is 3.85. The van der Waals surface area contributed by atoms with Crippen molar-refractivity contribution in [2.45, 2.75) is 25.8 Å². The second kappa shape index (κ2) is 9.83. The molecular formula is C20H27IN4O2. The topological polar surface area (TPSA) is 66.0 Å². The number of hydrogen-bond donors (Lipinski definition) is 2. The molecule has 1 atom stereocenters. The Hall–Kier alpha value is -1.95. The predicted octanol–water partition coefficient (Wildman–Crippen LogP) is 1.99. The fourth-order valence-electron chi connectivity index (χ4n) is 3.85. The smallest absolute Gasteiger partial charge is 0.220 e. The average Bonchev–Trinajstić information content (AvgIpc) is 3.01. The maximum atomic E-state index is 11.7. The number of aliphatic imine (C=N–C) groups is 1. The van der Waals surface area contributed by atoms with Crippen LogP contribution in [0.4, 0.5) is 0 Å². The maximum Gasteiger partial charge on any atom is 0.220 e. The van der Waals surface area contributed by atoms with E-state index in [-0.39, 0.29) is 41.9 Å². The van der Waals surface area contributed by atoms with Crippen molar-refractivity contribution in [3.63, 3.8) is 0 Å². The summed E-state index contributed by atoms with van der Waals surface area (Å²) in [6, 6.07) is 7.85. The van der Waals surface area contributed by atoms with Crippen LogP contribution in [0.2, 0.25) is 0 Å². The monoisotopic (exact) mass is 482 g/mol. The Morgan fingerprint density at radius 3 is 3.00 bits per heavy atom. The number of rotatable bonds is 4. The zero-order valence-corrected chi connectivity index (χ0v) is 18.0. The number of guanidine groups is 1. The molecule has 3 rings (SSSR count). The van der Waals surface area contributed by atoms with E-state index in [9.17, 15) is 4.79 Å². The number of nitrogens with zero attached hydrogens (tertiary/aromatic N) is 2. The van der Waals surface area contributed by atoms with Crippen LogP contribution in [0.5, 0.6) is 5.75 Å². The molecule has 1 amide bonds. The molecule has 0 saturated carbocycles. The second-order valence-electron chi connectivity index (χ2n) is 6.98. The van der Waals surface area contributed by atoms with Crippen LogP contribution in [0.15, 0.2) is 29.3 Å². The van der Waals surface area contributed by atoms with E-state index in [2.05, 4.69) is 26.4 Å². The molecule has 0 bridgehead atoms. The zero-order valence-electron chi connectivity index (χ0n) is 15.7. The van der Waals surface area contributed by atoms with Crippen LogP contribution in [0.1, 0.15) is 24.8 Å². The number of ether oxygens (including phenoxy) is 1. The summed E-state index contributed by atoms with van der Waals surface area (Å²) >= 11 is 0. The van der Waals surface area contributed by atoms with Gasteiger partial charge < -0.3 is 20.3 Å². The Kier molecular flexibility index (Phi) is 7.78. The first kappa shape index (κ1) is 21.4. The molecule has 1 aromatic rings. The number of nitrogens with one attached hydrogen (secondary N) is 2. The quantitative estimate of drug-likeness (QED) is 0.298. The van der Waals surface area contributed by atoms with Crippen molar-refractivity contribution in [2.24, 2.45) is 10.4 Å². The van der Waals surface area contributed by atoms with Crippen molar-refractivity contribution in [1.29, 1.82) is 0 Å². The molecule has 2 heterocycles. The number of amides is 1. The van der Waals surface area contributed by atoms with Gasteiger partial charge in [-0.15, -0.1) is 30.4 Å². The summed E-state index contributed by atoms with van der Waals surface area (Å²) in [5.74, 6) is 4.30. The molecule has 1 spiro atoms. The van der Waals surface area contributed by atoms with Gasteiger partial charge in [-0.3, -0.25) is 9.79 Å². The largest absolute Gasteiger partial charge is 0.481 e. The Bertz CT molecular complexity index is 731.